The minimum absolute atomic E-state index is 0.386. The fourth-order valence-electron chi connectivity index (χ4n) is 2.63. The number of aromatic nitrogens is 1. The smallest absolute Gasteiger partial charge is 0.128 e. The van der Waals surface area contributed by atoms with Gasteiger partial charge >= 0.3 is 0 Å². The molecule has 1 saturated heterocycles. The summed E-state index contributed by atoms with van der Waals surface area (Å²) < 4.78 is 0. The highest BCUT2D eigenvalue weighted by molar-refractivity contribution is 5.41. The lowest BCUT2D eigenvalue weighted by Crippen LogP contribution is -2.24. The Balaban J connectivity index is 1.99. The normalized spacial score (nSPS) is 19.7. The van der Waals surface area contributed by atoms with E-state index in [0.29, 0.717) is 11.5 Å². The Bertz CT molecular complexity index is 397. The topological polar surface area (TPSA) is 28.2 Å². The highest BCUT2D eigenvalue weighted by Gasteiger charge is 2.29. The number of rotatable bonds is 5. The molecule has 0 saturated carbocycles. The van der Waals surface area contributed by atoms with E-state index in [1.807, 2.05) is 6.20 Å². The van der Waals surface area contributed by atoms with Crippen molar-refractivity contribution in [3.8, 4) is 0 Å². The molecule has 1 aliphatic rings. The van der Waals surface area contributed by atoms with Crippen LogP contribution in [-0.4, -0.2) is 24.6 Å². The number of nitrogens with one attached hydrogen (secondary N) is 1. The molecule has 1 aromatic heterocycles. The maximum Gasteiger partial charge on any atom is 0.128 e. The molecule has 0 spiro atoms. The van der Waals surface area contributed by atoms with E-state index in [1.165, 1.54) is 18.4 Å². The van der Waals surface area contributed by atoms with Crippen molar-refractivity contribution in [2.24, 2.45) is 5.41 Å². The molecule has 1 N–H and O–H groups in total. The summed E-state index contributed by atoms with van der Waals surface area (Å²) in [7, 11) is 0. The molecule has 19 heavy (non-hydrogen) atoms. The molecular weight excluding hydrogens is 234 g/mol. The van der Waals surface area contributed by atoms with Gasteiger partial charge in [-0.25, -0.2) is 4.98 Å². The molecule has 1 atom stereocenters. The van der Waals surface area contributed by atoms with Crippen molar-refractivity contribution in [1.82, 2.24) is 10.3 Å². The van der Waals surface area contributed by atoms with Crippen LogP contribution in [-0.2, 0) is 0 Å². The monoisotopic (exact) mass is 261 g/mol. The SMILES string of the molecule is CCCNC(C)c1ccc(N2CCC(C)(C)C2)nc1. The van der Waals surface area contributed by atoms with E-state index in [9.17, 15) is 0 Å². The van der Waals surface area contributed by atoms with Crippen molar-refractivity contribution >= 4 is 5.82 Å². The second kappa shape index (κ2) is 5.91. The van der Waals surface area contributed by atoms with Gasteiger partial charge in [-0.1, -0.05) is 26.8 Å². The quantitative estimate of drug-likeness (QED) is 0.880. The van der Waals surface area contributed by atoms with Crippen LogP contribution >= 0.6 is 0 Å². The van der Waals surface area contributed by atoms with Gasteiger partial charge in [-0.2, -0.15) is 0 Å². The summed E-state index contributed by atoms with van der Waals surface area (Å²) in [6, 6.07) is 4.76. The zero-order valence-electron chi connectivity index (χ0n) is 12.7. The molecule has 1 unspecified atom stereocenters. The Labute approximate surface area is 117 Å². The van der Waals surface area contributed by atoms with Crippen LogP contribution in [0, 0.1) is 5.41 Å². The molecule has 1 aliphatic heterocycles. The third-order valence-corrected chi connectivity index (χ3v) is 3.97. The summed E-state index contributed by atoms with van der Waals surface area (Å²) in [6.45, 7) is 12.4. The fourth-order valence-corrected chi connectivity index (χ4v) is 2.63. The molecule has 0 aliphatic carbocycles. The van der Waals surface area contributed by atoms with Crippen molar-refractivity contribution in [2.45, 2.75) is 46.6 Å². The van der Waals surface area contributed by atoms with E-state index in [1.54, 1.807) is 0 Å². The Morgan fingerprint density at radius 1 is 1.42 bits per heavy atom. The minimum atomic E-state index is 0.386. The first kappa shape index (κ1) is 14.3. The van der Waals surface area contributed by atoms with Crippen LogP contribution in [0.15, 0.2) is 18.3 Å². The molecule has 2 rings (SSSR count). The number of hydrogen-bond donors (Lipinski definition) is 1. The molecular formula is C16H27N3. The maximum atomic E-state index is 4.64. The number of anilines is 1. The molecule has 3 heteroatoms. The highest BCUT2D eigenvalue weighted by Crippen LogP contribution is 2.31. The van der Waals surface area contributed by atoms with Crippen molar-refractivity contribution in [2.75, 3.05) is 24.5 Å². The fraction of sp³-hybridized carbons (Fsp3) is 0.688. The van der Waals surface area contributed by atoms with Gasteiger partial charge in [0.15, 0.2) is 0 Å². The van der Waals surface area contributed by atoms with Crippen LogP contribution in [0.3, 0.4) is 0 Å². The summed E-state index contributed by atoms with van der Waals surface area (Å²) in [5, 5.41) is 3.50. The summed E-state index contributed by atoms with van der Waals surface area (Å²) in [4.78, 5) is 7.04. The Kier molecular flexibility index (Phi) is 4.46. The first-order valence-electron chi connectivity index (χ1n) is 7.46. The van der Waals surface area contributed by atoms with Crippen LogP contribution in [0.5, 0.6) is 0 Å². The average Bonchev–Trinajstić information content (AvgIpc) is 2.76. The number of nitrogens with zero attached hydrogens (tertiary/aromatic N) is 2. The average molecular weight is 261 g/mol. The van der Waals surface area contributed by atoms with E-state index >= 15 is 0 Å². The van der Waals surface area contributed by atoms with Gasteiger partial charge in [0.1, 0.15) is 5.82 Å². The van der Waals surface area contributed by atoms with Crippen LogP contribution in [0.25, 0.3) is 0 Å². The first-order chi connectivity index (χ1) is 9.02. The third-order valence-electron chi connectivity index (χ3n) is 3.97. The van der Waals surface area contributed by atoms with Crippen molar-refractivity contribution in [1.29, 1.82) is 0 Å². The first-order valence-corrected chi connectivity index (χ1v) is 7.46. The summed E-state index contributed by atoms with van der Waals surface area (Å²) >= 11 is 0. The van der Waals surface area contributed by atoms with E-state index in [0.717, 1.165) is 25.5 Å². The lowest BCUT2D eigenvalue weighted by molar-refractivity contribution is 0.418. The zero-order chi connectivity index (χ0) is 13.9. The summed E-state index contributed by atoms with van der Waals surface area (Å²) in [5.41, 5.74) is 1.70. The Morgan fingerprint density at radius 3 is 2.74 bits per heavy atom. The second-order valence-electron chi connectivity index (χ2n) is 6.46. The molecule has 1 aromatic rings. The molecule has 106 valence electrons. The Hall–Kier alpha value is -1.09. The molecule has 0 amide bonds. The third kappa shape index (κ3) is 3.69. The number of pyridine rings is 1. The van der Waals surface area contributed by atoms with E-state index < -0.39 is 0 Å². The predicted octanol–water partition coefficient (Wildman–Crippen LogP) is 3.38. The van der Waals surface area contributed by atoms with Crippen LogP contribution in [0.2, 0.25) is 0 Å². The molecule has 0 bridgehead atoms. The maximum absolute atomic E-state index is 4.64. The van der Waals surface area contributed by atoms with E-state index in [-0.39, 0.29) is 0 Å². The molecule has 3 nitrogen and oxygen atoms in total. The molecule has 0 aromatic carbocycles. The lowest BCUT2D eigenvalue weighted by Gasteiger charge is -2.21. The second-order valence-corrected chi connectivity index (χ2v) is 6.46. The van der Waals surface area contributed by atoms with Gasteiger partial charge in [-0.3, -0.25) is 0 Å². The van der Waals surface area contributed by atoms with Crippen molar-refractivity contribution in [3.05, 3.63) is 23.9 Å². The van der Waals surface area contributed by atoms with Gasteiger partial charge < -0.3 is 10.2 Å². The standard InChI is InChI=1S/C16H27N3/c1-5-9-17-13(2)14-6-7-15(18-11-14)19-10-8-16(3,4)12-19/h6-7,11,13,17H,5,8-10,12H2,1-4H3. The lowest BCUT2D eigenvalue weighted by atomic mass is 9.93. The van der Waals surface area contributed by atoms with Gasteiger partial charge in [0.25, 0.3) is 0 Å². The van der Waals surface area contributed by atoms with Gasteiger partial charge in [0, 0.05) is 25.3 Å². The molecule has 2 heterocycles. The minimum Gasteiger partial charge on any atom is -0.356 e. The van der Waals surface area contributed by atoms with Crippen LogP contribution < -0.4 is 10.2 Å². The Morgan fingerprint density at radius 2 is 2.21 bits per heavy atom. The van der Waals surface area contributed by atoms with Gasteiger partial charge in [-0.05, 0) is 43.4 Å². The molecule has 1 fully saturated rings. The van der Waals surface area contributed by atoms with Gasteiger partial charge in [-0.15, -0.1) is 0 Å². The van der Waals surface area contributed by atoms with E-state index in [2.05, 4.69) is 55.0 Å². The summed E-state index contributed by atoms with van der Waals surface area (Å²) in [6.07, 6.45) is 4.44. The van der Waals surface area contributed by atoms with Gasteiger partial charge in [0.05, 0.1) is 0 Å². The van der Waals surface area contributed by atoms with Crippen LogP contribution in [0.1, 0.15) is 52.1 Å². The van der Waals surface area contributed by atoms with Crippen molar-refractivity contribution in [3.63, 3.8) is 0 Å². The summed E-state index contributed by atoms with van der Waals surface area (Å²) in [5.74, 6) is 1.12. The number of hydrogen-bond acceptors (Lipinski definition) is 3. The molecule has 0 radical (unpaired) electrons. The zero-order valence-corrected chi connectivity index (χ0v) is 12.7. The highest BCUT2D eigenvalue weighted by atomic mass is 15.2. The van der Waals surface area contributed by atoms with Crippen molar-refractivity contribution < 1.29 is 0 Å². The van der Waals surface area contributed by atoms with Crippen LogP contribution in [0.4, 0.5) is 5.82 Å². The van der Waals surface area contributed by atoms with Gasteiger partial charge in [0.2, 0.25) is 0 Å². The predicted molar refractivity (Wildman–Crippen MR) is 81.6 cm³/mol. The largest absolute Gasteiger partial charge is 0.356 e. The van der Waals surface area contributed by atoms with E-state index in [4.69, 9.17) is 0 Å².